The van der Waals surface area contributed by atoms with Gasteiger partial charge in [0.2, 0.25) is 0 Å². The minimum Gasteiger partial charge on any atom is -0.491 e. The van der Waals surface area contributed by atoms with Gasteiger partial charge in [-0.15, -0.1) is 0 Å². The molecule has 3 unspecified atom stereocenters. The third-order valence-corrected chi connectivity index (χ3v) is 4.35. The zero-order valence-corrected chi connectivity index (χ0v) is 20.9. The lowest BCUT2D eigenvalue weighted by atomic mass is 10.2. The van der Waals surface area contributed by atoms with E-state index < -0.39 is 12.3 Å². The Kier molecular flexibility index (Phi) is 17.7. The topological polar surface area (TPSA) is 116 Å². The Balaban J connectivity index is 0.000000507. The lowest BCUT2D eigenvalue weighted by Crippen LogP contribution is -2.25. The van der Waals surface area contributed by atoms with Gasteiger partial charge in [0.25, 0.3) is 6.47 Å². The van der Waals surface area contributed by atoms with Gasteiger partial charge in [-0.05, 0) is 31.9 Å². The third kappa shape index (κ3) is 14.2. The second kappa shape index (κ2) is 19.5. The number of ether oxygens (including phenoxy) is 7. The Morgan fingerprint density at radius 1 is 0.941 bits per heavy atom. The van der Waals surface area contributed by atoms with Crippen molar-refractivity contribution in [2.45, 2.75) is 65.8 Å². The van der Waals surface area contributed by atoms with Gasteiger partial charge in [-0.2, -0.15) is 0 Å². The lowest BCUT2D eigenvalue weighted by molar-refractivity contribution is -0.132. The Morgan fingerprint density at radius 3 is 1.76 bits per heavy atom. The van der Waals surface area contributed by atoms with Gasteiger partial charge < -0.3 is 33.2 Å². The molecule has 0 aliphatic carbocycles. The number of carbonyl (C=O) groups is 3. The molecule has 0 N–H and O–H groups in total. The molecule has 34 heavy (non-hydrogen) atoms. The van der Waals surface area contributed by atoms with Crippen molar-refractivity contribution in [3.8, 4) is 5.75 Å². The van der Waals surface area contributed by atoms with E-state index in [0.717, 1.165) is 18.6 Å². The minimum absolute atomic E-state index is 0.00231. The van der Waals surface area contributed by atoms with E-state index in [1.54, 1.807) is 7.11 Å². The third-order valence-electron chi connectivity index (χ3n) is 4.35. The van der Waals surface area contributed by atoms with E-state index in [1.165, 1.54) is 5.56 Å². The van der Waals surface area contributed by atoms with Crippen molar-refractivity contribution in [1.82, 2.24) is 0 Å². The van der Waals surface area contributed by atoms with Crippen molar-refractivity contribution in [3.05, 3.63) is 29.8 Å². The number of hydrogen-bond acceptors (Lipinski definition) is 10. The second-order valence-electron chi connectivity index (χ2n) is 6.83. The molecular weight excluding hydrogens is 448 g/mol. The highest BCUT2D eigenvalue weighted by atomic mass is 16.8. The highest BCUT2D eigenvalue weighted by Crippen LogP contribution is 2.12. The summed E-state index contributed by atoms with van der Waals surface area (Å²) in [5.41, 5.74) is 1.18. The fraction of sp³-hybridized carbons (Fsp3) is 0.625. The molecule has 2 heterocycles. The number of methoxy groups -OCH3 is 1. The van der Waals surface area contributed by atoms with Crippen molar-refractivity contribution in [2.24, 2.45) is 0 Å². The summed E-state index contributed by atoms with van der Waals surface area (Å²) in [6.07, 6.45) is 0.377. The SMILES string of the molecule is CC.CCC1COC(=O)O1.CCC1COC(=O)O1.COC(COC=O)COc1ccc(C)cc1. The molecule has 2 aliphatic rings. The smallest absolute Gasteiger partial charge is 0.491 e. The molecule has 0 aromatic heterocycles. The van der Waals surface area contributed by atoms with E-state index in [-0.39, 0.29) is 24.9 Å². The largest absolute Gasteiger partial charge is 0.508 e. The van der Waals surface area contributed by atoms with Gasteiger partial charge in [0, 0.05) is 7.11 Å². The van der Waals surface area contributed by atoms with E-state index in [2.05, 4.69) is 23.7 Å². The van der Waals surface area contributed by atoms with Gasteiger partial charge in [-0.25, -0.2) is 9.59 Å². The van der Waals surface area contributed by atoms with E-state index in [4.69, 9.17) is 9.47 Å². The van der Waals surface area contributed by atoms with Gasteiger partial charge in [0.05, 0.1) is 0 Å². The van der Waals surface area contributed by atoms with E-state index in [9.17, 15) is 14.4 Å². The normalized spacial score (nSPS) is 18.5. The first kappa shape index (κ1) is 31.0. The van der Waals surface area contributed by atoms with Gasteiger partial charge in [0.1, 0.15) is 50.5 Å². The zero-order valence-electron chi connectivity index (χ0n) is 20.9. The van der Waals surface area contributed by atoms with Crippen LogP contribution in [0.4, 0.5) is 9.59 Å². The summed E-state index contributed by atoms with van der Waals surface area (Å²) in [6, 6.07) is 7.73. The van der Waals surface area contributed by atoms with E-state index in [1.807, 2.05) is 58.9 Å². The Morgan fingerprint density at radius 2 is 1.44 bits per heavy atom. The molecule has 3 rings (SSSR count). The number of rotatable bonds is 9. The number of aryl methyl sites for hydroxylation is 1. The number of benzene rings is 1. The fourth-order valence-electron chi connectivity index (χ4n) is 2.29. The molecule has 194 valence electrons. The summed E-state index contributed by atoms with van der Waals surface area (Å²) in [4.78, 5) is 30.4. The molecule has 2 aliphatic heterocycles. The molecule has 0 amide bonds. The molecule has 1 aromatic carbocycles. The fourth-order valence-corrected chi connectivity index (χ4v) is 2.29. The van der Waals surface area contributed by atoms with Gasteiger partial charge in [-0.3, -0.25) is 4.79 Å². The van der Waals surface area contributed by atoms with Gasteiger partial charge >= 0.3 is 12.3 Å². The number of cyclic esters (lactones) is 4. The van der Waals surface area contributed by atoms with Crippen LogP contribution in [0.15, 0.2) is 24.3 Å². The molecule has 0 spiro atoms. The van der Waals surface area contributed by atoms with E-state index >= 15 is 0 Å². The van der Waals surface area contributed by atoms with Crippen LogP contribution in [0.2, 0.25) is 0 Å². The van der Waals surface area contributed by atoms with Gasteiger partial charge in [0.15, 0.2) is 0 Å². The molecular formula is C24H38O10. The summed E-state index contributed by atoms with van der Waals surface area (Å²) in [5.74, 6) is 0.777. The lowest BCUT2D eigenvalue weighted by Gasteiger charge is -2.15. The van der Waals surface area contributed by atoms with Crippen LogP contribution < -0.4 is 4.74 Å². The van der Waals surface area contributed by atoms with Crippen LogP contribution in [0.1, 0.15) is 46.1 Å². The summed E-state index contributed by atoms with van der Waals surface area (Å²) >= 11 is 0. The Labute approximate surface area is 201 Å². The summed E-state index contributed by atoms with van der Waals surface area (Å²) < 4.78 is 33.5. The Bertz CT molecular complexity index is 651. The average molecular weight is 487 g/mol. The van der Waals surface area contributed by atoms with Crippen molar-refractivity contribution in [2.75, 3.05) is 33.5 Å². The summed E-state index contributed by atoms with van der Waals surface area (Å²) in [5, 5.41) is 0. The van der Waals surface area contributed by atoms with Crippen LogP contribution in [0.5, 0.6) is 5.75 Å². The van der Waals surface area contributed by atoms with Crippen LogP contribution in [0, 0.1) is 6.92 Å². The van der Waals surface area contributed by atoms with Gasteiger partial charge in [-0.1, -0.05) is 45.4 Å². The maximum atomic E-state index is 10.2. The number of carbonyl (C=O) groups excluding carboxylic acids is 3. The number of hydrogen-bond donors (Lipinski definition) is 0. The zero-order chi connectivity index (χ0) is 25.8. The predicted octanol–water partition coefficient (Wildman–Crippen LogP) is 4.45. The van der Waals surface area contributed by atoms with Crippen molar-refractivity contribution < 1.29 is 47.5 Å². The van der Waals surface area contributed by atoms with Crippen molar-refractivity contribution in [3.63, 3.8) is 0 Å². The maximum absolute atomic E-state index is 10.2. The summed E-state index contributed by atoms with van der Waals surface area (Å²) in [6.45, 7) is 11.7. The molecule has 10 nitrogen and oxygen atoms in total. The van der Waals surface area contributed by atoms with Crippen molar-refractivity contribution in [1.29, 1.82) is 0 Å². The highest BCUT2D eigenvalue weighted by molar-refractivity contribution is 5.62. The molecule has 2 fully saturated rings. The van der Waals surface area contributed by atoms with Crippen LogP contribution >= 0.6 is 0 Å². The molecule has 10 heteroatoms. The molecule has 0 bridgehead atoms. The van der Waals surface area contributed by atoms with E-state index in [0.29, 0.717) is 26.3 Å². The second-order valence-corrected chi connectivity index (χ2v) is 6.83. The Hall–Kier alpha value is -3.01. The first-order valence-electron chi connectivity index (χ1n) is 11.4. The van der Waals surface area contributed by atoms with Crippen LogP contribution in [0.25, 0.3) is 0 Å². The first-order chi connectivity index (χ1) is 16.4. The molecule has 0 saturated carbocycles. The monoisotopic (exact) mass is 486 g/mol. The minimum atomic E-state index is -0.531. The molecule has 2 saturated heterocycles. The van der Waals surface area contributed by atoms with Crippen LogP contribution in [-0.4, -0.2) is 70.6 Å². The molecule has 0 radical (unpaired) electrons. The first-order valence-corrected chi connectivity index (χ1v) is 11.4. The van der Waals surface area contributed by atoms with Crippen LogP contribution in [-0.2, 0) is 33.2 Å². The molecule has 3 atom stereocenters. The highest BCUT2D eigenvalue weighted by Gasteiger charge is 2.23. The summed E-state index contributed by atoms with van der Waals surface area (Å²) in [7, 11) is 1.55. The molecule has 1 aromatic rings. The van der Waals surface area contributed by atoms with Crippen molar-refractivity contribution >= 4 is 18.8 Å². The van der Waals surface area contributed by atoms with Crippen LogP contribution in [0.3, 0.4) is 0 Å². The predicted molar refractivity (Wildman–Crippen MR) is 124 cm³/mol. The quantitative estimate of drug-likeness (QED) is 0.281. The standard InChI is InChI=1S/C12H16O4.2C5H8O3.C2H6/c1-10-3-5-11(6-4-10)16-8-12(14-2)7-15-9-13;2*1-2-4-3-7-5(6)8-4;1-2/h3-6,9,12H,7-8H2,1-2H3;2*4H,2-3H2,1H3;1-2H3. The average Bonchev–Trinajstić information content (AvgIpc) is 3.50. The maximum Gasteiger partial charge on any atom is 0.508 e.